The van der Waals surface area contributed by atoms with Crippen LogP contribution in [0.1, 0.15) is 44.5 Å². The van der Waals surface area contributed by atoms with Crippen molar-refractivity contribution in [1.29, 1.82) is 0 Å². The molecule has 0 saturated carbocycles. The Morgan fingerprint density at radius 3 is 1.22 bits per heavy atom. The van der Waals surface area contributed by atoms with E-state index >= 15 is 0 Å². The smallest absolute Gasteiger partial charge is 0.0632 e. The Morgan fingerprint density at radius 1 is 0.378 bits per heavy atom. The van der Waals surface area contributed by atoms with Gasteiger partial charge in [-0.25, -0.2) is 0 Å². The Balaban J connectivity index is 1.49. The summed E-state index contributed by atoms with van der Waals surface area (Å²) in [6.45, 7) is 0. The molecule has 2 aliphatic rings. The van der Waals surface area contributed by atoms with Crippen molar-refractivity contribution in [3.8, 4) is 0 Å². The van der Waals surface area contributed by atoms with Gasteiger partial charge >= 0.3 is 0 Å². The van der Waals surface area contributed by atoms with Crippen LogP contribution in [0.4, 0.5) is 0 Å². The van der Waals surface area contributed by atoms with Crippen LogP contribution in [-0.2, 0) is 0 Å². The molecule has 0 spiro atoms. The summed E-state index contributed by atoms with van der Waals surface area (Å²) in [7, 11) is -1.23. The Morgan fingerprint density at radius 2 is 0.757 bits per heavy atom. The lowest BCUT2D eigenvalue weighted by Crippen LogP contribution is -2.43. The molecule has 2 atom stereocenters. The lowest BCUT2D eigenvalue weighted by molar-refractivity contribution is 1.12. The topological polar surface area (TPSA) is 0 Å². The average Bonchev–Trinajstić information content (AvgIpc) is 3.55. The van der Waals surface area contributed by atoms with Crippen LogP contribution < -0.4 is 5.19 Å². The summed E-state index contributed by atoms with van der Waals surface area (Å²) in [6, 6.07) is 51.5. The number of hydrogen-bond acceptors (Lipinski definition) is 0. The summed E-state index contributed by atoms with van der Waals surface area (Å²) in [6.07, 6.45) is 4.91. The lowest BCUT2D eigenvalue weighted by Gasteiger charge is -2.33. The summed E-state index contributed by atoms with van der Waals surface area (Å²) >= 11 is 0. The molecular weight excluding hydrogens is 460 g/mol. The molecule has 2 unspecified atom stereocenters. The maximum atomic E-state index is 2.45. The van der Waals surface area contributed by atoms with E-state index in [2.05, 4.69) is 152 Å². The summed E-state index contributed by atoms with van der Waals surface area (Å²) < 4.78 is 0. The molecule has 1 heteroatoms. The molecule has 37 heavy (non-hydrogen) atoms. The van der Waals surface area contributed by atoms with Crippen LogP contribution >= 0.6 is 0 Å². The third-order valence-electron chi connectivity index (χ3n) is 7.80. The molecule has 5 aromatic rings. The van der Waals surface area contributed by atoms with Gasteiger partial charge in [0.1, 0.15) is 8.80 Å². The molecule has 0 nitrogen and oxygen atoms in total. The summed E-state index contributed by atoms with van der Waals surface area (Å²) in [4.78, 5) is 0. The van der Waals surface area contributed by atoms with Crippen LogP contribution in [0.3, 0.4) is 0 Å². The van der Waals surface area contributed by atoms with Gasteiger partial charge in [-0.1, -0.05) is 157 Å². The van der Waals surface area contributed by atoms with Crippen molar-refractivity contribution in [3.63, 3.8) is 0 Å². The molecule has 2 aliphatic carbocycles. The monoisotopic (exact) mass is 487 g/mol. The van der Waals surface area contributed by atoms with Crippen LogP contribution in [0.2, 0.25) is 0 Å². The van der Waals surface area contributed by atoms with Gasteiger partial charge in [0.05, 0.1) is 0 Å². The fourth-order valence-electron chi connectivity index (χ4n) is 6.21. The van der Waals surface area contributed by atoms with E-state index in [0.717, 1.165) is 0 Å². The minimum atomic E-state index is -1.23. The first-order valence-corrected chi connectivity index (χ1v) is 14.7. The van der Waals surface area contributed by atoms with Crippen LogP contribution in [0, 0.1) is 0 Å². The maximum absolute atomic E-state index is 2.45. The molecule has 0 saturated heterocycles. The highest BCUT2D eigenvalue weighted by Gasteiger charge is 2.44. The van der Waals surface area contributed by atoms with Gasteiger partial charge in [0, 0.05) is 11.1 Å². The van der Waals surface area contributed by atoms with Crippen molar-refractivity contribution in [2.45, 2.75) is 11.1 Å². The second kappa shape index (κ2) is 9.35. The van der Waals surface area contributed by atoms with E-state index < -0.39 is 8.80 Å². The Kier molecular flexibility index (Phi) is 5.57. The van der Waals surface area contributed by atoms with Gasteiger partial charge in [-0.05, 0) is 44.5 Å². The van der Waals surface area contributed by atoms with E-state index in [1.54, 1.807) is 0 Å². The molecule has 0 amide bonds. The van der Waals surface area contributed by atoms with E-state index in [-0.39, 0.29) is 0 Å². The minimum Gasteiger partial charge on any atom is -0.0632 e. The number of benzene rings is 5. The zero-order valence-corrected chi connectivity index (χ0v) is 21.6. The van der Waals surface area contributed by atoms with Crippen molar-refractivity contribution < 1.29 is 0 Å². The molecule has 0 fully saturated rings. The predicted molar refractivity (Wildman–Crippen MR) is 159 cm³/mol. The van der Waals surface area contributed by atoms with E-state index in [9.17, 15) is 0 Å². The zero-order chi connectivity index (χ0) is 24.6. The fraction of sp³-hybridized carbons (Fsp3) is 0.0556. The van der Waals surface area contributed by atoms with Gasteiger partial charge in [-0.2, -0.15) is 0 Å². The SMILES string of the molecule is C1=C(c2ccccc2)C([Si](c2ccccc2)C2C(c3ccccc3)=Cc3ccccc32)c2ccccc21. The number of allylic oxidation sites excluding steroid dienone is 2. The first-order chi connectivity index (χ1) is 18.4. The highest BCUT2D eigenvalue weighted by Crippen LogP contribution is 2.51. The zero-order valence-electron chi connectivity index (χ0n) is 20.6. The highest BCUT2D eigenvalue weighted by atomic mass is 28.3. The van der Waals surface area contributed by atoms with Gasteiger partial charge in [0.15, 0.2) is 0 Å². The van der Waals surface area contributed by atoms with Crippen molar-refractivity contribution >= 4 is 37.3 Å². The molecule has 5 aromatic carbocycles. The first kappa shape index (κ1) is 22.0. The number of hydrogen-bond donors (Lipinski definition) is 0. The van der Waals surface area contributed by atoms with E-state index in [1.807, 2.05) is 0 Å². The van der Waals surface area contributed by atoms with Gasteiger partial charge < -0.3 is 0 Å². The van der Waals surface area contributed by atoms with Crippen LogP contribution in [-0.4, -0.2) is 8.80 Å². The van der Waals surface area contributed by atoms with Crippen molar-refractivity contribution in [2.75, 3.05) is 0 Å². The number of fused-ring (bicyclic) bond motifs is 2. The quantitative estimate of drug-likeness (QED) is 0.219. The van der Waals surface area contributed by atoms with E-state index in [1.165, 1.54) is 49.7 Å². The second-order valence-corrected chi connectivity index (χ2v) is 12.5. The summed E-state index contributed by atoms with van der Waals surface area (Å²) in [5.41, 5.74) is 11.9. The van der Waals surface area contributed by atoms with Crippen LogP contribution in [0.5, 0.6) is 0 Å². The molecule has 0 heterocycles. The maximum Gasteiger partial charge on any atom is 0.111 e. The summed E-state index contributed by atoms with van der Waals surface area (Å²) in [5, 5.41) is 1.49. The molecule has 0 bridgehead atoms. The molecular formula is C36H27Si. The minimum absolute atomic E-state index is 0.342. The van der Waals surface area contributed by atoms with Crippen molar-refractivity contribution in [3.05, 3.63) is 173 Å². The van der Waals surface area contributed by atoms with Crippen molar-refractivity contribution in [1.82, 2.24) is 0 Å². The first-order valence-electron chi connectivity index (χ1n) is 13.0. The van der Waals surface area contributed by atoms with Gasteiger partial charge in [0.2, 0.25) is 0 Å². The number of rotatable bonds is 5. The molecule has 0 N–H and O–H groups in total. The predicted octanol–water partition coefficient (Wildman–Crippen LogP) is 8.14. The van der Waals surface area contributed by atoms with Crippen LogP contribution in [0.25, 0.3) is 23.3 Å². The van der Waals surface area contributed by atoms with Gasteiger partial charge in [-0.15, -0.1) is 0 Å². The molecule has 0 aliphatic heterocycles. The standard InChI is InChI=1S/C36H27Si/c1-4-14-26(15-5-1)33-24-28-18-10-12-22-31(28)35(33)37(30-20-8-3-9-21-30)36-32-23-13-11-19-29(32)25-34(36)27-16-6-2-7-17-27/h1-25,35-36H. The van der Waals surface area contributed by atoms with E-state index in [4.69, 9.17) is 0 Å². The Hall–Kier alpha value is -4.20. The van der Waals surface area contributed by atoms with Crippen LogP contribution in [0.15, 0.2) is 140 Å². The lowest BCUT2D eigenvalue weighted by atomic mass is 10.0. The molecule has 0 aromatic heterocycles. The molecule has 1 radical (unpaired) electrons. The molecule has 175 valence electrons. The Bertz CT molecular complexity index is 1510. The third-order valence-corrected chi connectivity index (χ3v) is 11.3. The van der Waals surface area contributed by atoms with E-state index in [0.29, 0.717) is 11.1 Å². The normalized spacial score (nSPS) is 17.8. The molecule has 7 rings (SSSR count). The fourth-order valence-corrected chi connectivity index (χ4v) is 10.2. The van der Waals surface area contributed by atoms with Gasteiger partial charge in [0.25, 0.3) is 0 Å². The van der Waals surface area contributed by atoms with Crippen molar-refractivity contribution in [2.24, 2.45) is 0 Å². The third kappa shape index (κ3) is 3.84. The average molecular weight is 488 g/mol. The largest absolute Gasteiger partial charge is 0.111 e. The van der Waals surface area contributed by atoms with Gasteiger partial charge in [-0.3, -0.25) is 0 Å². The highest BCUT2D eigenvalue weighted by molar-refractivity contribution is 6.79. The second-order valence-electron chi connectivity index (χ2n) is 9.88. The Labute approximate surface area is 220 Å². The summed E-state index contributed by atoms with van der Waals surface area (Å²) in [5.74, 6) is 0.